The van der Waals surface area contributed by atoms with Crippen molar-refractivity contribution in [2.45, 2.75) is 37.4 Å². The van der Waals surface area contributed by atoms with Gasteiger partial charge in [-0.3, -0.25) is 14.5 Å². The molecule has 2 N–H and O–H groups in total. The molecule has 1 aliphatic carbocycles. The van der Waals surface area contributed by atoms with Crippen LogP contribution in [0.15, 0.2) is 67.0 Å². The number of anilines is 2. The minimum Gasteiger partial charge on any atom is -0.325 e. The predicted octanol–water partition coefficient (Wildman–Crippen LogP) is 3.96. The molecule has 1 saturated carbocycles. The predicted molar refractivity (Wildman–Crippen MR) is 121 cm³/mol. The van der Waals surface area contributed by atoms with Gasteiger partial charge < -0.3 is 5.32 Å². The molecule has 0 atom stereocenters. The molecule has 0 unspecified atom stereocenters. The summed E-state index contributed by atoms with van der Waals surface area (Å²) in [5.41, 5.74) is 2.17. The molecule has 1 amide bonds. The quantitative estimate of drug-likeness (QED) is 0.584. The van der Waals surface area contributed by atoms with Crippen LogP contribution >= 0.6 is 0 Å². The Morgan fingerprint density at radius 1 is 1.00 bits per heavy atom. The first-order valence-electron chi connectivity index (χ1n) is 10.1. The monoisotopic (exact) mass is 436 g/mol. The molecule has 8 heteroatoms. The summed E-state index contributed by atoms with van der Waals surface area (Å²) in [6.45, 7) is 3.52. The van der Waals surface area contributed by atoms with E-state index in [-0.39, 0.29) is 17.0 Å². The molecule has 160 valence electrons. The molecular formula is C23H24N4O3S. The summed E-state index contributed by atoms with van der Waals surface area (Å²) in [6, 6.07) is 16.4. The number of carbonyl (C=O) groups excluding carboxylic acids is 1. The Bertz CT molecular complexity index is 1190. The second-order valence-electron chi connectivity index (χ2n) is 8.15. The fourth-order valence-electron chi connectivity index (χ4n) is 3.13. The zero-order valence-electron chi connectivity index (χ0n) is 17.4. The van der Waals surface area contributed by atoms with E-state index in [2.05, 4.69) is 20.0 Å². The van der Waals surface area contributed by atoms with Crippen LogP contribution < -0.4 is 10.0 Å². The normalized spacial score (nSPS) is 14.1. The van der Waals surface area contributed by atoms with E-state index in [0.717, 1.165) is 11.1 Å². The van der Waals surface area contributed by atoms with Crippen molar-refractivity contribution < 1.29 is 13.2 Å². The summed E-state index contributed by atoms with van der Waals surface area (Å²) in [5.74, 6) is -0.0116. The summed E-state index contributed by atoms with van der Waals surface area (Å²) in [4.78, 5) is 21.5. The number of amides is 1. The minimum absolute atomic E-state index is 0.228. The highest BCUT2D eigenvalue weighted by molar-refractivity contribution is 7.93. The van der Waals surface area contributed by atoms with Crippen LogP contribution in [0.25, 0.3) is 11.1 Å². The first-order valence-corrected chi connectivity index (χ1v) is 11.6. The van der Waals surface area contributed by atoms with E-state index in [4.69, 9.17) is 0 Å². The Morgan fingerprint density at radius 3 is 2.39 bits per heavy atom. The molecule has 1 fully saturated rings. The Balaban J connectivity index is 1.48. The second kappa shape index (κ2) is 8.11. The zero-order chi connectivity index (χ0) is 22.1. The van der Waals surface area contributed by atoms with E-state index in [1.807, 2.05) is 36.4 Å². The van der Waals surface area contributed by atoms with Gasteiger partial charge in [0.2, 0.25) is 15.9 Å². The van der Waals surface area contributed by atoms with Crippen molar-refractivity contribution in [3.63, 3.8) is 0 Å². The van der Waals surface area contributed by atoms with Crippen LogP contribution in [-0.4, -0.2) is 29.5 Å². The van der Waals surface area contributed by atoms with E-state index in [9.17, 15) is 13.2 Å². The summed E-state index contributed by atoms with van der Waals surface area (Å²) in [6.07, 6.45) is 4.85. The van der Waals surface area contributed by atoms with Crippen LogP contribution in [0.2, 0.25) is 0 Å². The lowest BCUT2D eigenvalue weighted by Crippen LogP contribution is -2.35. The average molecular weight is 437 g/mol. The number of sulfonamides is 1. The number of pyridine rings is 2. The maximum atomic E-state index is 13.0. The van der Waals surface area contributed by atoms with Crippen LogP contribution in [0.5, 0.6) is 0 Å². The first-order chi connectivity index (χ1) is 14.8. The van der Waals surface area contributed by atoms with Crippen LogP contribution in [0.4, 0.5) is 11.5 Å². The molecule has 0 bridgehead atoms. The Morgan fingerprint density at radius 2 is 1.74 bits per heavy atom. The van der Waals surface area contributed by atoms with Gasteiger partial charge in [-0.15, -0.1) is 0 Å². The highest BCUT2D eigenvalue weighted by atomic mass is 32.2. The number of hydrogen-bond donors (Lipinski definition) is 2. The zero-order valence-corrected chi connectivity index (χ0v) is 18.2. The number of carbonyl (C=O) groups is 1. The van der Waals surface area contributed by atoms with Crippen molar-refractivity contribution >= 4 is 27.4 Å². The fourth-order valence-corrected chi connectivity index (χ4v) is 4.46. The van der Waals surface area contributed by atoms with Gasteiger partial charge >= 0.3 is 0 Å². The minimum atomic E-state index is -3.42. The van der Waals surface area contributed by atoms with E-state index >= 15 is 0 Å². The lowest BCUT2D eigenvalue weighted by molar-refractivity contribution is -0.120. The Hall–Kier alpha value is -3.26. The number of nitrogens with zero attached hydrogens (tertiary/aromatic N) is 2. The highest BCUT2D eigenvalue weighted by Crippen LogP contribution is 2.30. The molecule has 0 spiro atoms. The van der Waals surface area contributed by atoms with Gasteiger partial charge in [-0.1, -0.05) is 24.3 Å². The van der Waals surface area contributed by atoms with Crippen molar-refractivity contribution in [2.24, 2.45) is 0 Å². The molecule has 0 aliphatic heterocycles. The molecular weight excluding hydrogens is 412 g/mol. The van der Waals surface area contributed by atoms with Crippen LogP contribution in [-0.2, 0) is 20.2 Å². The van der Waals surface area contributed by atoms with Gasteiger partial charge in [-0.2, -0.15) is 0 Å². The van der Waals surface area contributed by atoms with E-state index in [1.165, 1.54) is 0 Å². The van der Waals surface area contributed by atoms with E-state index in [0.29, 0.717) is 24.2 Å². The first kappa shape index (κ1) is 21.0. The molecule has 0 radical (unpaired) electrons. The number of hydrogen-bond acceptors (Lipinski definition) is 5. The van der Waals surface area contributed by atoms with Crippen LogP contribution in [0.1, 0.15) is 32.4 Å². The average Bonchev–Trinajstić information content (AvgIpc) is 3.61. The van der Waals surface area contributed by atoms with Crippen molar-refractivity contribution in [1.82, 2.24) is 9.97 Å². The van der Waals surface area contributed by atoms with Gasteiger partial charge in [0.15, 0.2) is 0 Å². The third-order valence-electron chi connectivity index (χ3n) is 5.30. The fraction of sp³-hybridized carbons (Fsp3) is 0.261. The smallest absolute Gasteiger partial charge is 0.236 e. The maximum absolute atomic E-state index is 13.0. The number of benzene rings is 1. The molecule has 3 aromatic rings. The van der Waals surface area contributed by atoms with Gasteiger partial charge in [0.25, 0.3) is 0 Å². The number of rotatable bonds is 7. The third-order valence-corrected chi connectivity index (χ3v) is 7.15. The molecule has 2 heterocycles. The maximum Gasteiger partial charge on any atom is 0.236 e. The number of nitrogens with one attached hydrogen (secondary N) is 2. The summed E-state index contributed by atoms with van der Waals surface area (Å²) >= 11 is 0. The molecule has 2 aromatic heterocycles. The molecule has 0 saturated heterocycles. The highest BCUT2D eigenvalue weighted by Gasteiger charge is 2.36. The van der Waals surface area contributed by atoms with Crippen LogP contribution in [0, 0.1) is 0 Å². The summed E-state index contributed by atoms with van der Waals surface area (Å²) in [7, 11) is -3.42. The summed E-state index contributed by atoms with van der Waals surface area (Å²) < 4.78 is 26.9. The van der Waals surface area contributed by atoms with Crippen LogP contribution in [0.3, 0.4) is 0 Å². The molecule has 4 rings (SSSR count). The number of aromatic nitrogens is 2. The third kappa shape index (κ3) is 4.74. The van der Waals surface area contributed by atoms with Crippen molar-refractivity contribution in [1.29, 1.82) is 0 Å². The summed E-state index contributed by atoms with van der Waals surface area (Å²) in [5, 5.41) is 2.58. The van der Waals surface area contributed by atoms with Crippen molar-refractivity contribution in [3.8, 4) is 11.1 Å². The van der Waals surface area contributed by atoms with E-state index < -0.39 is 15.4 Å². The molecule has 1 aliphatic rings. The van der Waals surface area contributed by atoms with Gasteiger partial charge in [0.1, 0.15) is 5.82 Å². The van der Waals surface area contributed by atoms with Crippen molar-refractivity contribution in [2.75, 3.05) is 10.0 Å². The van der Waals surface area contributed by atoms with E-state index in [1.54, 1.807) is 44.4 Å². The molecule has 7 nitrogen and oxygen atoms in total. The SMILES string of the molecule is CC(C)(C(=O)Nc1ccc(-c2cccnc2)cc1)c1cccc(NS(=O)(=O)C2CC2)n1. The van der Waals surface area contributed by atoms with Gasteiger partial charge in [0.05, 0.1) is 16.4 Å². The van der Waals surface area contributed by atoms with Gasteiger partial charge in [0, 0.05) is 18.1 Å². The lowest BCUT2D eigenvalue weighted by Gasteiger charge is -2.24. The largest absolute Gasteiger partial charge is 0.325 e. The lowest BCUT2D eigenvalue weighted by atomic mass is 9.87. The molecule has 1 aromatic carbocycles. The molecule has 31 heavy (non-hydrogen) atoms. The topological polar surface area (TPSA) is 101 Å². The van der Waals surface area contributed by atoms with Gasteiger partial charge in [-0.25, -0.2) is 13.4 Å². The second-order valence-corrected chi connectivity index (χ2v) is 10.1. The Kier molecular flexibility index (Phi) is 5.49. The standard InChI is InChI=1S/C23H24N4O3S/c1-23(2,20-6-3-7-21(26-20)27-31(29,30)19-12-13-19)22(28)25-18-10-8-16(9-11-18)17-5-4-14-24-15-17/h3-11,14-15,19H,12-13H2,1-2H3,(H,25,28)(H,26,27). The van der Waals surface area contributed by atoms with Gasteiger partial charge in [-0.05, 0) is 68.1 Å². The Labute approximate surface area is 182 Å². The van der Waals surface area contributed by atoms with Crippen molar-refractivity contribution in [3.05, 3.63) is 72.7 Å².